The summed E-state index contributed by atoms with van der Waals surface area (Å²) in [5.41, 5.74) is 29.5. The maximum atomic E-state index is 5.99. The SMILES string of the molecule is c1ccc(-c2ccc(-c3ccccc3)c3nc(-c4ccc5c(c4)C4(c6ccccc6-c6ccccc64)c4ccccc4-5)c(-c4ccc5c(c4)C4(c6ccccc6-c6ccccc64)c4ccccc4-5)nc23)cc1. The highest BCUT2D eigenvalue weighted by Gasteiger charge is 2.53. The smallest absolute Gasteiger partial charge is 0.0979 e. The number of hydrogen-bond donors (Lipinski definition) is 0. The summed E-state index contributed by atoms with van der Waals surface area (Å²) < 4.78 is 0. The van der Waals surface area contributed by atoms with Crippen LogP contribution >= 0.6 is 0 Å². The Morgan fingerprint density at radius 3 is 0.750 bits per heavy atom. The molecule has 2 heteroatoms. The van der Waals surface area contributed by atoms with Crippen LogP contribution in [0, 0.1) is 0 Å². The normalized spacial score (nSPS) is 14.1. The topological polar surface area (TPSA) is 25.8 Å². The van der Waals surface area contributed by atoms with E-state index in [1.54, 1.807) is 0 Å². The van der Waals surface area contributed by atoms with Crippen LogP contribution in [-0.4, -0.2) is 9.97 Å². The summed E-state index contributed by atoms with van der Waals surface area (Å²) in [4.78, 5) is 12.0. The van der Waals surface area contributed by atoms with E-state index in [1.165, 1.54) is 89.0 Å². The van der Waals surface area contributed by atoms with Crippen LogP contribution in [0.15, 0.2) is 255 Å². The van der Waals surface area contributed by atoms with Crippen LogP contribution in [0.3, 0.4) is 0 Å². The first-order chi connectivity index (χ1) is 35.7. The second-order valence-corrected chi connectivity index (χ2v) is 19.8. The molecule has 12 aromatic rings. The lowest BCUT2D eigenvalue weighted by Gasteiger charge is -2.31. The molecule has 0 aliphatic heterocycles. The molecule has 0 unspecified atom stereocenters. The lowest BCUT2D eigenvalue weighted by atomic mass is 9.70. The van der Waals surface area contributed by atoms with Gasteiger partial charge in [-0.2, -0.15) is 0 Å². The minimum Gasteiger partial charge on any atom is -0.243 e. The Labute approximate surface area is 418 Å². The summed E-state index contributed by atoms with van der Waals surface area (Å²) in [5, 5.41) is 0. The van der Waals surface area contributed by atoms with Gasteiger partial charge in [0, 0.05) is 22.3 Å². The average molecular weight is 911 g/mol. The summed E-state index contributed by atoms with van der Waals surface area (Å²) in [7, 11) is 0. The summed E-state index contributed by atoms with van der Waals surface area (Å²) in [6, 6.07) is 94.4. The molecular formula is C70H42N2. The number of fused-ring (bicyclic) bond motifs is 21. The Balaban J connectivity index is 1.02. The van der Waals surface area contributed by atoms with Gasteiger partial charge in [-0.15, -0.1) is 0 Å². The average Bonchev–Trinajstić information content (AvgIpc) is 4.14. The molecule has 0 bridgehead atoms. The van der Waals surface area contributed by atoms with Gasteiger partial charge in [0.15, 0.2) is 0 Å². The third-order valence-corrected chi connectivity index (χ3v) is 16.5. The van der Waals surface area contributed by atoms with Crippen molar-refractivity contribution >= 4 is 11.0 Å². The van der Waals surface area contributed by atoms with Crippen LogP contribution in [0.25, 0.3) is 100 Å². The van der Waals surface area contributed by atoms with E-state index < -0.39 is 10.8 Å². The van der Waals surface area contributed by atoms with E-state index in [2.05, 4.69) is 255 Å². The Morgan fingerprint density at radius 1 is 0.194 bits per heavy atom. The zero-order valence-electron chi connectivity index (χ0n) is 39.1. The highest BCUT2D eigenvalue weighted by Crippen LogP contribution is 2.65. The minimum absolute atomic E-state index is 0.510. The van der Waals surface area contributed by atoms with Crippen molar-refractivity contribution in [2.45, 2.75) is 10.8 Å². The molecule has 0 saturated carbocycles. The highest BCUT2D eigenvalue weighted by molar-refractivity contribution is 6.04. The zero-order chi connectivity index (χ0) is 47.1. The van der Waals surface area contributed by atoms with E-state index in [9.17, 15) is 0 Å². The largest absolute Gasteiger partial charge is 0.243 e. The van der Waals surface area contributed by atoms with Crippen molar-refractivity contribution in [2.75, 3.05) is 0 Å². The van der Waals surface area contributed by atoms with Gasteiger partial charge in [0.2, 0.25) is 0 Å². The minimum atomic E-state index is -0.510. The molecule has 0 radical (unpaired) electrons. The molecule has 0 fully saturated rings. The van der Waals surface area contributed by atoms with Crippen LogP contribution in [0.5, 0.6) is 0 Å². The molecule has 0 N–H and O–H groups in total. The second kappa shape index (κ2) is 14.6. The van der Waals surface area contributed by atoms with Gasteiger partial charge in [-0.25, -0.2) is 9.97 Å². The standard InChI is InChI=1S/C70H42N2/c1-3-19-43(20-4-1)47-39-40-48(44-21-5-2-6-22-44)68-67(47)71-65(45-35-37-55-53-27-11-17-33-61(53)69(63(55)41-45)57-29-13-7-23-49(57)50-24-8-14-30-58(50)69)66(72-68)46-36-38-56-54-28-12-18-34-62(54)70(64(56)42-46)59-31-15-9-25-51(59)52-26-10-16-32-60(52)70/h1-42H. The number of nitrogens with zero attached hydrogens (tertiary/aromatic N) is 2. The summed E-state index contributed by atoms with van der Waals surface area (Å²) in [6.07, 6.45) is 0. The van der Waals surface area contributed by atoms with Gasteiger partial charge in [0.05, 0.1) is 33.3 Å². The quantitative estimate of drug-likeness (QED) is 0.176. The van der Waals surface area contributed by atoms with Crippen LogP contribution in [0.4, 0.5) is 0 Å². The Bertz CT molecular complexity index is 3880. The maximum Gasteiger partial charge on any atom is 0.0979 e. The fourth-order valence-corrected chi connectivity index (χ4v) is 13.7. The molecule has 2 spiro atoms. The first-order valence-corrected chi connectivity index (χ1v) is 25.1. The number of benzene rings is 11. The third kappa shape index (κ3) is 5.03. The Kier molecular flexibility index (Phi) is 8.05. The van der Waals surface area contributed by atoms with Crippen molar-refractivity contribution in [1.82, 2.24) is 9.97 Å². The number of aromatic nitrogens is 2. The first-order valence-electron chi connectivity index (χ1n) is 25.1. The molecule has 0 amide bonds. The maximum absolute atomic E-state index is 5.99. The van der Waals surface area contributed by atoms with Gasteiger partial charge in [-0.1, -0.05) is 243 Å². The highest BCUT2D eigenvalue weighted by atomic mass is 14.8. The molecule has 332 valence electrons. The Morgan fingerprint density at radius 2 is 0.444 bits per heavy atom. The van der Waals surface area contributed by atoms with E-state index in [0.717, 1.165) is 55.8 Å². The van der Waals surface area contributed by atoms with Gasteiger partial charge in [-0.3, -0.25) is 0 Å². The molecule has 0 saturated heterocycles. The molecule has 1 heterocycles. The monoisotopic (exact) mass is 910 g/mol. The van der Waals surface area contributed by atoms with E-state index in [-0.39, 0.29) is 0 Å². The zero-order valence-corrected chi connectivity index (χ0v) is 39.1. The van der Waals surface area contributed by atoms with E-state index >= 15 is 0 Å². The Hall–Kier alpha value is -9.24. The van der Waals surface area contributed by atoms with Crippen molar-refractivity contribution in [3.8, 4) is 89.3 Å². The molecule has 0 atom stereocenters. The molecule has 72 heavy (non-hydrogen) atoms. The van der Waals surface area contributed by atoms with Gasteiger partial charge in [0.25, 0.3) is 0 Å². The van der Waals surface area contributed by atoms with Crippen LogP contribution in [-0.2, 0) is 10.8 Å². The summed E-state index contributed by atoms with van der Waals surface area (Å²) >= 11 is 0. The fourth-order valence-electron chi connectivity index (χ4n) is 13.7. The van der Waals surface area contributed by atoms with Gasteiger partial charge in [0.1, 0.15) is 0 Å². The molecule has 4 aliphatic rings. The van der Waals surface area contributed by atoms with Gasteiger partial charge in [-0.05, 0) is 112 Å². The molecule has 1 aromatic heterocycles. The number of hydrogen-bond acceptors (Lipinski definition) is 2. The first kappa shape index (κ1) is 39.6. The van der Waals surface area contributed by atoms with Crippen molar-refractivity contribution in [1.29, 1.82) is 0 Å². The van der Waals surface area contributed by atoms with Crippen molar-refractivity contribution in [3.63, 3.8) is 0 Å². The van der Waals surface area contributed by atoms with Crippen molar-refractivity contribution < 1.29 is 0 Å². The predicted octanol–water partition coefficient (Wildman–Crippen LogP) is 17.0. The lowest BCUT2D eigenvalue weighted by Crippen LogP contribution is -2.26. The second-order valence-electron chi connectivity index (χ2n) is 19.8. The molecule has 11 aromatic carbocycles. The molecular weight excluding hydrogens is 869 g/mol. The van der Waals surface area contributed by atoms with Crippen LogP contribution < -0.4 is 0 Å². The molecule has 4 aliphatic carbocycles. The predicted molar refractivity (Wildman–Crippen MR) is 294 cm³/mol. The van der Waals surface area contributed by atoms with Gasteiger partial charge < -0.3 is 0 Å². The number of rotatable bonds is 4. The molecule has 16 rings (SSSR count). The van der Waals surface area contributed by atoms with Crippen molar-refractivity contribution in [2.24, 2.45) is 0 Å². The van der Waals surface area contributed by atoms with E-state index in [0.29, 0.717) is 0 Å². The summed E-state index contributed by atoms with van der Waals surface area (Å²) in [5.74, 6) is 0. The van der Waals surface area contributed by atoms with Gasteiger partial charge >= 0.3 is 0 Å². The summed E-state index contributed by atoms with van der Waals surface area (Å²) in [6.45, 7) is 0. The molecule has 2 nitrogen and oxygen atoms in total. The van der Waals surface area contributed by atoms with Crippen molar-refractivity contribution in [3.05, 3.63) is 299 Å². The van der Waals surface area contributed by atoms with Crippen LogP contribution in [0.2, 0.25) is 0 Å². The van der Waals surface area contributed by atoms with E-state index in [1.807, 2.05) is 0 Å². The van der Waals surface area contributed by atoms with Crippen LogP contribution in [0.1, 0.15) is 44.5 Å². The lowest BCUT2D eigenvalue weighted by molar-refractivity contribution is 0.794. The third-order valence-electron chi connectivity index (χ3n) is 16.5. The fraction of sp³-hybridized carbons (Fsp3) is 0.0286. The van der Waals surface area contributed by atoms with E-state index in [4.69, 9.17) is 9.97 Å².